The predicted molar refractivity (Wildman–Crippen MR) is 72.0 cm³/mol. The van der Waals surface area contributed by atoms with Gasteiger partial charge in [-0.1, -0.05) is 19.8 Å². The topological polar surface area (TPSA) is 41.6 Å². The molecule has 1 saturated carbocycles. The van der Waals surface area contributed by atoms with Crippen LogP contribution in [0.15, 0.2) is 4.99 Å². The van der Waals surface area contributed by atoms with Crippen LogP contribution in [0, 0.1) is 0 Å². The fourth-order valence-corrected chi connectivity index (χ4v) is 3.66. The van der Waals surface area contributed by atoms with Crippen LogP contribution in [0.2, 0.25) is 0 Å². The average molecular weight is 241 g/mol. The molecule has 92 valence electrons. The molecule has 0 spiro atoms. The van der Waals surface area contributed by atoms with Gasteiger partial charge in [-0.05, 0) is 19.3 Å². The minimum atomic E-state index is 0.509. The molecule has 0 amide bonds. The van der Waals surface area contributed by atoms with Crippen LogP contribution in [0.3, 0.4) is 0 Å². The summed E-state index contributed by atoms with van der Waals surface area (Å²) in [6, 6.07) is 0.509. The van der Waals surface area contributed by atoms with Crippen molar-refractivity contribution in [2.75, 3.05) is 18.8 Å². The Morgan fingerprint density at radius 2 is 2.19 bits per heavy atom. The first kappa shape index (κ1) is 12.1. The van der Waals surface area contributed by atoms with Gasteiger partial charge in [0.05, 0.1) is 6.04 Å². The molecule has 0 bridgehead atoms. The van der Waals surface area contributed by atoms with Gasteiger partial charge >= 0.3 is 0 Å². The third-order valence-corrected chi connectivity index (χ3v) is 4.93. The van der Waals surface area contributed by atoms with E-state index in [0.717, 1.165) is 24.3 Å². The normalized spacial score (nSPS) is 28.7. The zero-order valence-corrected chi connectivity index (χ0v) is 11.0. The lowest BCUT2D eigenvalue weighted by atomic mass is 10.3. The molecule has 0 aromatic carbocycles. The summed E-state index contributed by atoms with van der Waals surface area (Å²) in [6.45, 7) is 4.41. The van der Waals surface area contributed by atoms with Crippen LogP contribution in [0.25, 0.3) is 0 Å². The average Bonchev–Trinajstić information content (AvgIpc) is 2.82. The molecule has 3 nitrogen and oxygen atoms in total. The van der Waals surface area contributed by atoms with E-state index in [4.69, 9.17) is 5.73 Å². The molecule has 1 heterocycles. The van der Waals surface area contributed by atoms with E-state index in [1.165, 1.54) is 37.9 Å². The minimum absolute atomic E-state index is 0.509. The first-order chi connectivity index (χ1) is 7.79. The molecule has 4 heteroatoms. The van der Waals surface area contributed by atoms with E-state index in [2.05, 4.69) is 28.6 Å². The van der Waals surface area contributed by atoms with Gasteiger partial charge in [0.15, 0.2) is 5.96 Å². The Bertz CT molecular complexity index is 249. The molecule has 1 unspecified atom stereocenters. The van der Waals surface area contributed by atoms with E-state index < -0.39 is 0 Å². The fourth-order valence-electron chi connectivity index (χ4n) is 2.48. The predicted octanol–water partition coefficient (Wildman–Crippen LogP) is 2.07. The molecular formula is C12H23N3S. The van der Waals surface area contributed by atoms with E-state index in [1.54, 1.807) is 0 Å². The SMILES string of the molecule is CCC1CN(C(N)=NC2CCCC2)CCS1. The van der Waals surface area contributed by atoms with Gasteiger partial charge in [0.25, 0.3) is 0 Å². The maximum absolute atomic E-state index is 6.11. The summed E-state index contributed by atoms with van der Waals surface area (Å²) >= 11 is 2.07. The van der Waals surface area contributed by atoms with Crippen LogP contribution in [0.5, 0.6) is 0 Å². The Balaban J connectivity index is 1.89. The summed E-state index contributed by atoms with van der Waals surface area (Å²) in [5.74, 6) is 1.99. The summed E-state index contributed by atoms with van der Waals surface area (Å²) in [4.78, 5) is 6.96. The Hall–Kier alpha value is -0.380. The van der Waals surface area contributed by atoms with Crippen molar-refractivity contribution in [3.63, 3.8) is 0 Å². The van der Waals surface area contributed by atoms with Gasteiger partial charge in [-0.2, -0.15) is 11.8 Å². The van der Waals surface area contributed by atoms with Crippen molar-refractivity contribution in [3.05, 3.63) is 0 Å². The van der Waals surface area contributed by atoms with Crippen molar-refractivity contribution in [1.82, 2.24) is 4.90 Å². The number of nitrogens with two attached hydrogens (primary N) is 1. The van der Waals surface area contributed by atoms with Crippen molar-refractivity contribution in [2.45, 2.75) is 50.3 Å². The Morgan fingerprint density at radius 3 is 2.88 bits per heavy atom. The zero-order valence-electron chi connectivity index (χ0n) is 10.2. The Kier molecular flexibility index (Phi) is 4.38. The third kappa shape index (κ3) is 3.06. The first-order valence-electron chi connectivity index (χ1n) is 6.49. The second-order valence-electron chi connectivity index (χ2n) is 4.77. The molecule has 1 aliphatic carbocycles. The molecule has 0 radical (unpaired) electrons. The molecular weight excluding hydrogens is 218 g/mol. The van der Waals surface area contributed by atoms with Gasteiger partial charge < -0.3 is 10.6 Å². The standard InChI is InChI=1S/C12H23N3S/c1-2-11-9-15(7-8-16-11)12(13)14-10-5-3-4-6-10/h10-11H,2-9H2,1H3,(H2,13,14). The molecule has 1 saturated heterocycles. The second-order valence-corrected chi connectivity index (χ2v) is 6.18. The number of hydrogen-bond acceptors (Lipinski definition) is 2. The number of nitrogens with zero attached hydrogens (tertiary/aromatic N) is 2. The van der Waals surface area contributed by atoms with Gasteiger partial charge in [0.2, 0.25) is 0 Å². The largest absolute Gasteiger partial charge is 0.370 e. The number of aliphatic imine (C=N–C) groups is 1. The van der Waals surface area contributed by atoms with E-state index >= 15 is 0 Å². The Morgan fingerprint density at radius 1 is 1.44 bits per heavy atom. The molecule has 2 N–H and O–H groups in total. The lowest BCUT2D eigenvalue weighted by Gasteiger charge is -2.33. The highest BCUT2D eigenvalue weighted by atomic mass is 32.2. The summed E-state index contributed by atoms with van der Waals surface area (Å²) in [5, 5.41) is 0.742. The summed E-state index contributed by atoms with van der Waals surface area (Å²) in [5.41, 5.74) is 6.11. The van der Waals surface area contributed by atoms with Gasteiger partial charge in [-0.15, -0.1) is 0 Å². The molecule has 1 atom stereocenters. The maximum atomic E-state index is 6.11. The van der Waals surface area contributed by atoms with Crippen LogP contribution >= 0.6 is 11.8 Å². The maximum Gasteiger partial charge on any atom is 0.191 e. The first-order valence-corrected chi connectivity index (χ1v) is 7.54. The van der Waals surface area contributed by atoms with Crippen LogP contribution in [0.1, 0.15) is 39.0 Å². The van der Waals surface area contributed by atoms with Gasteiger partial charge in [-0.25, -0.2) is 4.99 Å². The van der Waals surface area contributed by atoms with Crippen LogP contribution in [0.4, 0.5) is 0 Å². The molecule has 1 aliphatic heterocycles. The summed E-state index contributed by atoms with van der Waals surface area (Å²) < 4.78 is 0. The van der Waals surface area contributed by atoms with Crippen molar-refractivity contribution < 1.29 is 0 Å². The van der Waals surface area contributed by atoms with Crippen molar-refractivity contribution in [2.24, 2.45) is 10.7 Å². The van der Waals surface area contributed by atoms with Crippen molar-refractivity contribution >= 4 is 17.7 Å². The molecule has 2 aliphatic rings. The molecule has 2 rings (SSSR count). The lowest BCUT2D eigenvalue weighted by molar-refractivity contribution is 0.415. The van der Waals surface area contributed by atoms with E-state index in [1.807, 2.05) is 0 Å². The number of rotatable bonds is 2. The summed E-state index contributed by atoms with van der Waals surface area (Å²) in [7, 11) is 0. The van der Waals surface area contributed by atoms with E-state index in [0.29, 0.717) is 6.04 Å². The fraction of sp³-hybridized carbons (Fsp3) is 0.917. The quantitative estimate of drug-likeness (QED) is 0.594. The number of hydrogen-bond donors (Lipinski definition) is 1. The number of guanidine groups is 1. The highest BCUT2D eigenvalue weighted by Gasteiger charge is 2.21. The third-order valence-electron chi connectivity index (χ3n) is 3.56. The highest BCUT2D eigenvalue weighted by molar-refractivity contribution is 8.00. The van der Waals surface area contributed by atoms with Gasteiger partial charge in [0, 0.05) is 24.1 Å². The van der Waals surface area contributed by atoms with Crippen molar-refractivity contribution in [1.29, 1.82) is 0 Å². The minimum Gasteiger partial charge on any atom is -0.370 e. The van der Waals surface area contributed by atoms with Crippen molar-refractivity contribution in [3.8, 4) is 0 Å². The van der Waals surface area contributed by atoms with Gasteiger partial charge in [-0.3, -0.25) is 0 Å². The van der Waals surface area contributed by atoms with Gasteiger partial charge in [0.1, 0.15) is 0 Å². The van der Waals surface area contributed by atoms with Crippen LogP contribution < -0.4 is 5.73 Å². The van der Waals surface area contributed by atoms with Crippen LogP contribution in [-0.4, -0.2) is 41.0 Å². The van der Waals surface area contributed by atoms with E-state index in [-0.39, 0.29) is 0 Å². The summed E-state index contributed by atoms with van der Waals surface area (Å²) in [6.07, 6.45) is 6.36. The second kappa shape index (κ2) is 5.80. The molecule has 2 fully saturated rings. The molecule has 16 heavy (non-hydrogen) atoms. The highest BCUT2D eigenvalue weighted by Crippen LogP contribution is 2.23. The van der Waals surface area contributed by atoms with E-state index in [9.17, 15) is 0 Å². The zero-order chi connectivity index (χ0) is 11.4. The number of thioether (sulfide) groups is 1. The Labute approximate surface area is 103 Å². The lowest BCUT2D eigenvalue weighted by Crippen LogP contribution is -2.46. The smallest absolute Gasteiger partial charge is 0.191 e. The molecule has 0 aromatic rings. The molecule has 0 aromatic heterocycles. The monoisotopic (exact) mass is 241 g/mol. The van der Waals surface area contributed by atoms with Crippen LogP contribution in [-0.2, 0) is 0 Å².